The molecular weight excluding hydrogens is 971 g/mol. The van der Waals surface area contributed by atoms with E-state index in [1.165, 1.54) is 0 Å². The van der Waals surface area contributed by atoms with Gasteiger partial charge >= 0.3 is 123 Å². The van der Waals surface area contributed by atoms with Gasteiger partial charge in [0.05, 0.1) is 0 Å². The van der Waals surface area contributed by atoms with E-state index < -0.39 is 93.9 Å². The Balaban J connectivity index is 0. The fourth-order valence-corrected chi connectivity index (χ4v) is 18.9. The normalized spacial score (nSPS) is 54.1. The third kappa shape index (κ3) is 21.6. The van der Waals surface area contributed by atoms with Crippen molar-refractivity contribution in [1.29, 1.82) is 0 Å². The molecule has 0 aromatic carbocycles. The molecule has 2 aliphatic heterocycles. The predicted molar refractivity (Wildman–Crippen MR) is 132 cm³/mol. The van der Waals surface area contributed by atoms with E-state index in [1.54, 1.807) is 0 Å². The maximum Gasteiger partial charge on any atom is 1.00 e. The summed E-state index contributed by atoms with van der Waals surface area (Å²) >= 11 is 0. The largest absolute Gasteiger partial charge is 1.00 e. The second-order valence-electron chi connectivity index (χ2n) is 6.60. The number of hydrogen-bond donors (Lipinski definition) is 12. The Morgan fingerprint density at radius 3 is 0.286 bits per heavy atom. The third-order valence-electron chi connectivity index (χ3n) is 2.48. The molecule has 0 spiro atoms. The van der Waals surface area contributed by atoms with Crippen LogP contribution < -0.4 is 29.6 Å². The number of rotatable bonds is 0. The summed E-state index contributed by atoms with van der Waals surface area (Å²) in [7, 11) is -73.3. The molecule has 2 rings (SSSR count). The second kappa shape index (κ2) is 16.7. The Morgan fingerprint density at radius 1 is 0.204 bits per heavy atom. The van der Waals surface area contributed by atoms with Crippen molar-refractivity contribution in [2.24, 2.45) is 0 Å². The van der Waals surface area contributed by atoms with Crippen molar-refractivity contribution < 1.29 is 196 Å². The molecule has 0 amide bonds. The molecule has 0 aromatic heterocycles. The van der Waals surface area contributed by atoms with Gasteiger partial charge in [0, 0.05) is 0 Å². The van der Waals surface area contributed by atoms with Crippen LogP contribution in [0.2, 0.25) is 0 Å². The Hall–Kier alpha value is 2.80. The van der Waals surface area contributed by atoms with E-state index in [0.717, 1.165) is 0 Å². The van der Waals surface area contributed by atoms with Crippen LogP contribution in [0.1, 0.15) is 1.43 Å². The van der Waals surface area contributed by atoms with Gasteiger partial charge in [-0.1, -0.05) is 0 Å². The summed E-state index contributed by atoms with van der Waals surface area (Å²) in [6.45, 7) is 0. The van der Waals surface area contributed by atoms with Crippen LogP contribution in [0, 0.1) is 0 Å². The van der Waals surface area contributed by atoms with E-state index in [-0.39, 0.29) is 31.0 Å². The van der Waals surface area contributed by atoms with E-state index in [9.17, 15) is 54.8 Å². The van der Waals surface area contributed by atoms with Gasteiger partial charge in [-0.05, 0) is 0 Å². The fraction of sp³-hybridized carbons (Fsp3) is 0. The van der Waals surface area contributed by atoms with Crippen LogP contribution in [-0.4, -0.2) is 58.7 Å². The van der Waals surface area contributed by atoms with Gasteiger partial charge in [0.2, 0.25) is 0 Å². The minimum atomic E-state index is -6.11. The Morgan fingerprint density at radius 2 is 0.245 bits per heavy atom. The summed E-state index contributed by atoms with van der Waals surface area (Å²) in [5, 5.41) is 0. The average molecular weight is 984 g/mol. The van der Waals surface area contributed by atoms with E-state index in [0.29, 0.717) is 0 Å². The Kier molecular flexibility index (Phi) is 17.7. The van der Waals surface area contributed by atoms with Crippen molar-refractivity contribution in [1.82, 2.24) is 0 Å². The molecule has 49 heavy (non-hydrogen) atoms. The molecular formula is H13NaO36P12. The van der Waals surface area contributed by atoms with Gasteiger partial charge in [0.25, 0.3) is 0 Å². The molecule has 0 saturated carbocycles. The SMILES string of the molecule is O=P1(O)OP(=O)(O)OP(=O)(O)OP(=O)(O)OP(=O)(O)OP(=O)(O)O1.O=P1(O)OP(=O)(O)OP(=O)(O)OP(=O)(O)OP(=O)(O)OP(=O)(O)O1.[H-].[Na+]. The van der Waals surface area contributed by atoms with Crippen LogP contribution in [0.3, 0.4) is 0 Å². The van der Waals surface area contributed by atoms with Crippen LogP contribution in [0.4, 0.5) is 0 Å². The second-order valence-corrected chi connectivity index (χ2v) is 25.7. The Labute approximate surface area is 289 Å². The summed E-state index contributed by atoms with van der Waals surface area (Å²) in [5.41, 5.74) is 0. The summed E-state index contributed by atoms with van der Waals surface area (Å²) in [6, 6.07) is 0. The molecule has 2 fully saturated rings. The van der Waals surface area contributed by atoms with Crippen LogP contribution >= 0.6 is 93.9 Å². The van der Waals surface area contributed by atoms with Crippen molar-refractivity contribution in [3.63, 3.8) is 0 Å². The molecule has 0 unspecified atom stereocenters. The van der Waals surface area contributed by atoms with Gasteiger partial charge in [0.1, 0.15) is 0 Å². The summed E-state index contributed by atoms with van der Waals surface area (Å²) in [5.74, 6) is 0. The van der Waals surface area contributed by atoms with Crippen molar-refractivity contribution in [2.45, 2.75) is 0 Å². The van der Waals surface area contributed by atoms with Gasteiger partial charge < -0.3 is 60.1 Å². The number of hydrogen-bond acceptors (Lipinski definition) is 24. The maximum absolute atomic E-state index is 11.2. The summed E-state index contributed by atoms with van der Waals surface area (Å²) in [6.07, 6.45) is 0. The molecule has 49 heteroatoms. The average Bonchev–Trinajstić information content (AvgIpc) is 2.52. The smallest absolute Gasteiger partial charge is 1.00 e. The van der Waals surface area contributed by atoms with E-state index in [1.807, 2.05) is 0 Å². The Bertz CT molecular complexity index is 1300. The first-order valence-corrected chi connectivity index (χ1v) is 26.9. The van der Waals surface area contributed by atoms with Crippen LogP contribution in [0.15, 0.2) is 0 Å². The summed E-state index contributed by atoms with van der Waals surface area (Å²) < 4.78 is 174. The van der Waals surface area contributed by atoms with E-state index >= 15 is 0 Å². The van der Waals surface area contributed by atoms with Gasteiger partial charge in [-0.15, -0.1) is 0 Å². The van der Waals surface area contributed by atoms with Gasteiger partial charge in [-0.3, -0.25) is 0 Å². The molecule has 2 aliphatic rings. The molecule has 290 valence electrons. The van der Waals surface area contributed by atoms with Crippen molar-refractivity contribution >= 4 is 93.9 Å². The van der Waals surface area contributed by atoms with Gasteiger partial charge in [-0.2, -0.15) is 51.7 Å². The predicted octanol–water partition coefficient (Wildman–Crippen LogP) is -1.48. The quantitative estimate of drug-likeness (QED) is 0.0973. The molecule has 36 nitrogen and oxygen atoms in total. The third-order valence-corrected chi connectivity index (χ3v) is 22.3. The molecule has 0 aromatic rings. The van der Waals surface area contributed by atoms with Crippen molar-refractivity contribution in [2.75, 3.05) is 0 Å². The zero-order valence-electron chi connectivity index (χ0n) is 22.5. The van der Waals surface area contributed by atoms with Crippen molar-refractivity contribution in [3.05, 3.63) is 0 Å². The minimum Gasteiger partial charge on any atom is -1.00 e. The molecule has 12 N–H and O–H groups in total. The molecule has 0 bridgehead atoms. The monoisotopic (exact) mass is 984 g/mol. The number of phosphoric acid groups is 12. The van der Waals surface area contributed by atoms with Crippen LogP contribution in [-0.2, 0) is 107 Å². The molecule has 2 heterocycles. The first-order valence-electron chi connectivity index (χ1n) is 8.97. The minimum absolute atomic E-state index is 0. The van der Waals surface area contributed by atoms with Gasteiger partial charge in [-0.25, -0.2) is 54.8 Å². The molecule has 0 radical (unpaired) electrons. The van der Waals surface area contributed by atoms with Crippen molar-refractivity contribution in [3.8, 4) is 0 Å². The zero-order valence-corrected chi connectivity index (χ0v) is 34.3. The topological polar surface area (TPSA) is 558 Å². The van der Waals surface area contributed by atoms with Gasteiger partial charge in [0.15, 0.2) is 0 Å². The molecule has 0 atom stereocenters. The summed E-state index contributed by atoms with van der Waals surface area (Å²) in [4.78, 5) is 107. The first kappa shape index (κ1) is 51.8. The van der Waals surface area contributed by atoms with E-state index in [2.05, 4.69) is 51.7 Å². The standard InChI is InChI=1S/Na.2H6O18P6.H/c;2*1-19(2)13-20(3,4)15-22(7,8)17-24(11,12)18-23(9,10)16-21(5,6)14-19;/h;2*(H,1,2)(H,3,4)(H,5,6)(H,7,8)(H,9,10)(H,11,12);/q+1;;;-1. The maximum atomic E-state index is 11.2. The van der Waals surface area contributed by atoms with Crippen LogP contribution in [0.5, 0.6) is 0 Å². The zero-order chi connectivity index (χ0) is 38.5. The molecule has 0 aliphatic carbocycles. The molecule has 2 saturated heterocycles. The fourth-order valence-electron chi connectivity index (χ4n) is 1.74. The first-order chi connectivity index (χ1) is 20.5. The van der Waals surface area contributed by atoms with E-state index in [4.69, 9.17) is 58.7 Å². The van der Waals surface area contributed by atoms with Crippen LogP contribution in [0.25, 0.3) is 0 Å².